The highest BCUT2D eigenvalue weighted by molar-refractivity contribution is 4.61. The zero-order valence-corrected chi connectivity index (χ0v) is 6.05. The molecular weight excluding hydrogens is 114 g/mol. The summed E-state index contributed by atoms with van der Waals surface area (Å²) in [6, 6.07) is 0. The van der Waals surface area contributed by atoms with E-state index in [0.29, 0.717) is 6.54 Å². The van der Waals surface area contributed by atoms with Crippen LogP contribution in [0.15, 0.2) is 0 Å². The van der Waals surface area contributed by atoms with E-state index in [4.69, 9.17) is 11.3 Å². The summed E-state index contributed by atoms with van der Waals surface area (Å²) in [5.74, 6) is 0. The average Bonchev–Trinajstić information content (AvgIpc) is 1.85. The van der Waals surface area contributed by atoms with Crippen LogP contribution in [-0.4, -0.2) is 19.3 Å². The van der Waals surface area contributed by atoms with Crippen LogP contribution in [0.4, 0.5) is 0 Å². The van der Waals surface area contributed by atoms with Gasteiger partial charge in [0, 0.05) is 13.0 Å². The Morgan fingerprint density at radius 1 is 1.67 bits per heavy atom. The molecule has 0 aliphatic carbocycles. The van der Waals surface area contributed by atoms with Gasteiger partial charge in [0.25, 0.3) is 0 Å². The molecule has 2 heteroatoms. The maximum atomic E-state index is 6.50. The van der Waals surface area contributed by atoms with Gasteiger partial charge in [-0.3, -0.25) is 0 Å². The van der Waals surface area contributed by atoms with Crippen molar-refractivity contribution in [1.29, 1.82) is 0 Å². The quantitative estimate of drug-likeness (QED) is 0.524. The van der Waals surface area contributed by atoms with Crippen LogP contribution in [0.5, 0.6) is 0 Å². The van der Waals surface area contributed by atoms with Crippen molar-refractivity contribution < 1.29 is 4.74 Å². The van der Waals surface area contributed by atoms with Crippen LogP contribution < -0.4 is 0 Å². The molecule has 1 unspecified atom stereocenters. The van der Waals surface area contributed by atoms with Crippen molar-refractivity contribution in [3.05, 3.63) is 11.4 Å². The van der Waals surface area contributed by atoms with E-state index in [1.165, 1.54) is 0 Å². The first-order chi connectivity index (χ1) is 4.31. The van der Waals surface area contributed by atoms with E-state index in [9.17, 15) is 0 Å². The highest BCUT2D eigenvalue weighted by atomic mass is 16.5. The van der Waals surface area contributed by atoms with Gasteiger partial charge in [0.15, 0.2) is 0 Å². The Kier molecular flexibility index (Phi) is 5.24. The highest BCUT2D eigenvalue weighted by Crippen LogP contribution is 1.95. The summed E-state index contributed by atoms with van der Waals surface area (Å²) in [6.45, 7) is 11.8. The van der Waals surface area contributed by atoms with Crippen LogP contribution in [0.25, 0.3) is 4.85 Å². The molecule has 0 amide bonds. The van der Waals surface area contributed by atoms with Crippen molar-refractivity contribution in [3.8, 4) is 0 Å². The first-order valence-corrected chi connectivity index (χ1v) is 3.26. The van der Waals surface area contributed by atoms with Gasteiger partial charge in [-0.25, -0.2) is 6.57 Å². The molecule has 0 aromatic heterocycles. The SMILES string of the molecule is [C-]#[N+]CCC(C)OCC. The lowest BCUT2D eigenvalue weighted by Gasteiger charge is -2.05. The van der Waals surface area contributed by atoms with Gasteiger partial charge < -0.3 is 9.58 Å². The maximum absolute atomic E-state index is 6.50. The zero-order valence-electron chi connectivity index (χ0n) is 6.05. The van der Waals surface area contributed by atoms with E-state index >= 15 is 0 Å². The lowest BCUT2D eigenvalue weighted by molar-refractivity contribution is 0.0734. The summed E-state index contributed by atoms with van der Waals surface area (Å²) in [6.07, 6.45) is 1.11. The molecule has 0 rings (SSSR count). The third-order valence-corrected chi connectivity index (χ3v) is 1.10. The second kappa shape index (κ2) is 5.58. The fourth-order valence-electron chi connectivity index (χ4n) is 0.614. The van der Waals surface area contributed by atoms with Crippen molar-refractivity contribution in [2.45, 2.75) is 26.4 Å². The number of nitrogens with zero attached hydrogens (tertiary/aromatic N) is 1. The summed E-state index contributed by atoms with van der Waals surface area (Å²) < 4.78 is 5.20. The molecule has 9 heavy (non-hydrogen) atoms. The lowest BCUT2D eigenvalue weighted by atomic mass is 10.3. The Morgan fingerprint density at radius 3 is 2.78 bits per heavy atom. The van der Waals surface area contributed by atoms with Gasteiger partial charge in [0.2, 0.25) is 6.54 Å². The van der Waals surface area contributed by atoms with E-state index in [-0.39, 0.29) is 6.10 Å². The lowest BCUT2D eigenvalue weighted by Crippen LogP contribution is -2.08. The Labute approximate surface area is 56.6 Å². The first-order valence-electron chi connectivity index (χ1n) is 3.26. The second-order valence-electron chi connectivity index (χ2n) is 1.94. The van der Waals surface area contributed by atoms with Crippen molar-refractivity contribution in [3.63, 3.8) is 0 Å². The smallest absolute Gasteiger partial charge is 0.217 e. The van der Waals surface area contributed by atoms with Crippen LogP contribution >= 0.6 is 0 Å². The van der Waals surface area contributed by atoms with Gasteiger partial charge in [-0.05, 0) is 13.8 Å². The van der Waals surface area contributed by atoms with Gasteiger partial charge in [-0.1, -0.05) is 0 Å². The van der Waals surface area contributed by atoms with E-state index in [2.05, 4.69) is 4.85 Å². The fraction of sp³-hybridized carbons (Fsp3) is 0.857. The Balaban J connectivity index is 3.07. The van der Waals surface area contributed by atoms with Gasteiger partial charge in [-0.15, -0.1) is 0 Å². The topological polar surface area (TPSA) is 13.6 Å². The Hall–Kier alpha value is -0.550. The van der Waals surface area contributed by atoms with Crippen LogP contribution in [0.1, 0.15) is 20.3 Å². The summed E-state index contributed by atoms with van der Waals surface area (Å²) in [7, 11) is 0. The van der Waals surface area contributed by atoms with Gasteiger partial charge in [-0.2, -0.15) is 0 Å². The second-order valence-corrected chi connectivity index (χ2v) is 1.94. The van der Waals surface area contributed by atoms with Crippen molar-refractivity contribution in [1.82, 2.24) is 0 Å². The molecule has 0 fully saturated rings. The van der Waals surface area contributed by atoms with Crippen molar-refractivity contribution in [2.75, 3.05) is 13.2 Å². The van der Waals surface area contributed by atoms with Crippen LogP contribution in [0.3, 0.4) is 0 Å². The minimum absolute atomic E-state index is 0.254. The number of ether oxygens (including phenoxy) is 1. The molecule has 0 radical (unpaired) electrons. The predicted molar refractivity (Wildman–Crippen MR) is 37.2 cm³/mol. The molecule has 0 saturated heterocycles. The minimum atomic E-state index is 0.254. The Bertz CT molecular complexity index is 95.6. The molecule has 0 aliphatic rings. The number of rotatable bonds is 4. The van der Waals surface area contributed by atoms with E-state index in [1.54, 1.807) is 0 Å². The molecule has 0 bridgehead atoms. The third kappa shape index (κ3) is 5.32. The molecular formula is C7H13NO. The standard InChI is InChI=1S/C7H13NO/c1-4-9-7(2)5-6-8-3/h7H,4-6H2,1-2H3. The van der Waals surface area contributed by atoms with Gasteiger partial charge in [0.1, 0.15) is 0 Å². The summed E-state index contributed by atoms with van der Waals surface area (Å²) >= 11 is 0. The van der Waals surface area contributed by atoms with Crippen LogP contribution in [-0.2, 0) is 4.74 Å². The summed E-state index contributed by atoms with van der Waals surface area (Å²) in [5.41, 5.74) is 0. The molecule has 0 heterocycles. The Morgan fingerprint density at radius 2 is 2.33 bits per heavy atom. The maximum Gasteiger partial charge on any atom is 0.217 e. The summed E-state index contributed by atoms with van der Waals surface area (Å²) in [5, 5.41) is 0. The number of hydrogen-bond donors (Lipinski definition) is 0. The largest absolute Gasteiger partial charge is 0.378 e. The zero-order chi connectivity index (χ0) is 7.11. The fourth-order valence-corrected chi connectivity index (χ4v) is 0.614. The first kappa shape index (κ1) is 8.45. The van der Waals surface area contributed by atoms with E-state index in [0.717, 1.165) is 13.0 Å². The van der Waals surface area contributed by atoms with E-state index < -0.39 is 0 Å². The predicted octanol–water partition coefficient (Wildman–Crippen LogP) is 1.72. The van der Waals surface area contributed by atoms with Crippen molar-refractivity contribution >= 4 is 0 Å². The monoisotopic (exact) mass is 127 g/mol. The molecule has 1 atom stereocenters. The molecule has 0 N–H and O–H groups in total. The number of hydrogen-bond acceptors (Lipinski definition) is 1. The minimum Gasteiger partial charge on any atom is -0.378 e. The molecule has 0 spiro atoms. The molecule has 0 aromatic rings. The molecule has 0 aromatic carbocycles. The van der Waals surface area contributed by atoms with E-state index in [1.807, 2.05) is 13.8 Å². The van der Waals surface area contributed by atoms with Crippen LogP contribution in [0, 0.1) is 6.57 Å². The highest BCUT2D eigenvalue weighted by Gasteiger charge is 2.00. The van der Waals surface area contributed by atoms with Crippen molar-refractivity contribution in [2.24, 2.45) is 0 Å². The normalized spacial score (nSPS) is 12.6. The average molecular weight is 127 g/mol. The molecule has 0 saturated carbocycles. The molecule has 52 valence electrons. The summed E-state index contributed by atoms with van der Waals surface area (Å²) in [4.78, 5) is 3.23. The molecule has 0 aliphatic heterocycles. The van der Waals surface area contributed by atoms with Crippen LogP contribution in [0.2, 0.25) is 0 Å². The van der Waals surface area contributed by atoms with Gasteiger partial charge in [0.05, 0.1) is 6.10 Å². The molecule has 2 nitrogen and oxygen atoms in total. The third-order valence-electron chi connectivity index (χ3n) is 1.10. The van der Waals surface area contributed by atoms with Gasteiger partial charge >= 0.3 is 0 Å².